The van der Waals surface area contributed by atoms with E-state index < -0.39 is 0 Å². The van der Waals surface area contributed by atoms with Crippen LogP contribution in [0.25, 0.3) is 0 Å². The highest BCUT2D eigenvalue weighted by Crippen LogP contribution is 2.21. The summed E-state index contributed by atoms with van der Waals surface area (Å²) < 4.78 is 0. The van der Waals surface area contributed by atoms with Crippen molar-refractivity contribution in [2.24, 2.45) is 0 Å². The number of hydrogen-bond acceptors (Lipinski definition) is 5. The lowest BCUT2D eigenvalue weighted by atomic mass is 10.2. The number of anilines is 1. The van der Waals surface area contributed by atoms with Gasteiger partial charge in [-0.2, -0.15) is 0 Å². The minimum absolute atomic E-state index is 0.854. The van der Waals surface area contributed by atoms with Gasteiger partial charge >= 0.3 is 0 Å². The van der Waals surface area contributed by atoms with Crippen LogP contribution < -0.4 is 4.90 Å². The first-order valence-corrected chi connectivity index (χ1v) is 8.87. The fourth-order valence-corrected chi connectivity index (χ4v) is 3.13. The van der Waals surface area contributed by atoms with Gasteiger partial charge in [-0.25, -0.2) is 9.97 Å². The normalized spacial score (nSPS) is 16.0. The average Bonchev–Trinajstić information content (AvgIpc) is 2.57. The molecule has 0 atom stereocenters. The van der Waals surface area contributed by atoms with E-state index in [0.29, 0.717) is 0 Å². The van der Waals surface area contributed by atoms with E-state index in [1.165, 1.54) is 5.56 Å². The molecule has 116 valence electrons. The second-order valence-corrected chi connectivity index (χ2v) is 6.39. The maximum atomic E-state index is 4.68. The van der Waals surface area contributed by atoms with Crippen molar-refractivity contribution in [1.29, 1.82) is 0 Å². The van der Waals surface area contributed by atoms with E-state index in [1.54, 1.807) is 11.8 Å². The predicted octanol–water partition coefficient (Wildman–Crippen LogP) is 2.83. The topological polar surface area (TPSA) is 32.3 Å². The van der Waals surface area contributed by atoms with Crippen molar-refractivity contribution in [3.05, 3.63) is 47.7 Å². The molecule has 5 heteroatoms. The van der Waals surface area contributed by atoms with Crippen LogP contribution in [0, 0.1) is 6.92 Å². The molecule has 1 fully saturated rings. The molecule has 22 heavy (non-hydrogen) atoms. The van der Waals surface area contributed by atoms with Gasteiger partial charge in [0.2, 0.25) is 0 Å². The van der Waals surface area contributed by atoms with Crippen LogP contribution in [0.5, 0.6) is 0 Å². The van der Waals surface area contributed by atoms with Crippen molar-refractivity contribution < 1.29 is 0 Å². The van der Waals surface area contributed by atoms with Crippen LogP contribution in [-0.2, 0) is 6.54 Å². The smallest absolute Gasteiger partial charge is 0.189 e. The summed E-state index contributed by atoms with van der Waals surface area (Å²) in [5.74, 6) is 1.10. The number of benzene rings is 1. The Balaban J connectivity index is 1.62. The van der Waals surface area contributed by atoms with Crippen LogP contribution in [0.4, 0.5) is 5.82 Å². The minimum Gasteiger partial charge on any atom is -0.354 e. The van der Waals surface area contributed by atoms with Gasteiger partial charge in [-0.05, 0) is 18.7 Å². The first-order chi connectivity index (χ1) is 10.8. The molecule has 0 radical (unpaired) electrons. The molecular weight excluding hydrogens is 292 g/mol. The molecule has 0 N–H and O–H groups in total. The average molecular weight is 314 g/mol. The molecule has 1 saturated heterocycles. The first kappa shape index (κ1) is 15.3. The highest BCUT2D eigenvalue weighted by Gasteiger charge is 2.20. The van der Waals surface area contributed by atoms with Gasteiger partial charge in [0, 0.05) is 44.5 Å². The number of nitrogens with zero attached hydrogens (tertiary/aromatic N) is 4. The van der Waals surface area contributed by atoms with Crippen LogP contribution >= 0.6 is 11.8 Å². The Labute approximate surface area is 136 Å². The molecule has 1 aromatic carbocycles. The summed E-state index contributed by atoms with van der Waals surface area (Å²) in [5.41, 5.74) is 2.55. The van der Waals surface area contributed by atoms with Gasteiger partial charge in [-0.3, -0.25) is 4.90 Å². The summed E-state index contributed by atoms with van der Waals surface area (Å²) in [6.07, 6.45) is 3.96. The third-order valence-corrected chi connectivity index (χ3v) is 4.59. The molecule has 3 rings (SSSR count). The molecule has 1 aromatic heterocycles. The van der Waals surface area contributed by atoms with Crippen molar-refractivity contribution in [3.8, 4) is 0 Å². The van der Waals surface area contributed by atoms with Crippen molar-refractivity contribution in [2.75, 3.05) is 37.3 Å². The summed E-state index contributed by atoms with van der Waals surface area (Å²) in [4.78, 5) is 13.9. The SMILES string of the molecule is CSc1ncc(C)c(N2CCN(Cc3ccccc3)CC2)n1. The molecule has 0 amide bonds. The van der Waals surface area contributed by atoms with Crippen molar-refractivity contribution in [3.63, 3.8) is 0 Å². The van der Waals surface area contributed by atoms with E-state index in [2.05, 4.69) is 57.0 Å². The van der Waals surface area contributed by atoms with E-state index in [4.69, 9.17) is 0 Å². The van der Waals surface area contributed by atoms with Crippen LogP contribution in [0.15, 0.2) is 41.7 Å². The Bertz CT molecular complexity index is 609. The summed E-state index contributed by atoms with van der Waals surface area (Å²) >= 11 is 1.60. The number of piperazine rings is 1. The predicted molar refractivity (Wildman–Crippen MR) is 92.5 cm³/mol. The summed E-state index contributed by atoms with van der Waals surface area (Å²) in [7, 11) is 0. The second-order valence-electron chi connectivity index (χ2n) is 5.61. The third kappa shape index (κ3) is 3.59. The van der Waals surface area contributed by atoms with E-state index in [9.17, 15) is 0 Å². The minimum atomic E-state index is 0.854. The highest BCUT2D eigenvalue weighted by molar-refractivity contribution is 7.98. The molecule has 1 aliphatic heterocycles. The molecule has 0 bridgehead atoms. The fraction of sp³-hybridized carbons (Fsp3) is 0.412. The van der Waals surface area contributed by atoms with E-state index in [-0.39, 0.29) is 0 Å². The lowest BCUT2D eigenvalue weighted by Gasteiger charge is -2.36. The quantitative estimate of drug-likeness (QED) is 0.640. The molecule has 0 saturated carbocycles. The Morgan fingerprint density at radius 2 is 1.82 bits per heavy atom. The van der Waals surface area contributed by atoms with Crippen LogP contribution in [0.1, 0.15) is 11.1 Å². The van der Waals surface area contributed by atoms with Crippen LogP contribution in [0.3, 0.4) is 0 Å². The van der Waals surface area contributed by atoms with Crippen molar-refractivity contribution in [2.45, 2.75) is 18.6 Å². The van der Waals surface area contributed by atoms with Crippen molar-refractivity contribution in [1.82, 2.24) is 14.9 Å². The van der Waals surface area contributed by atoms with E-state index in [0.717, 1.165) is 49.3 Å². The summed E-state index contributed by atoms with van der Waals surface area (Å²) in [6.45, 7) is 7.33. The van der Waals surface area contributed by atoms with Gasteiger partial charge in [0.25, 0.3) is 0 Å². The molecule has 0 spiro atoms. The Morgan fingerprint density at radius 1 is 1.09 bits per heavy atom. The standard InChI is InChI=1S/C17H22N4S/c1-14-12-18-17(22-2)19-16(14)21-10-8-20(9-11-21)13-15-6-4-3-5-7-15/h3-7,12H,8-11,13H2,1-2H3. The third-order valence-electron chi connectivity index (χ3n) is 4.03. The molecule has 2 heterocycles. The van der Waals surface area contributed by atoms with Crippen LogP contribution in [-0.4, -0.2) is 47.3 Å². The van der Waals surface area contributed by atoms with Crippen LogP contribution in [0.2, 0.25) is 0 Å². The molecule has 1 aliphatic rings. The van der Waals surface area contributed by atoms with Gasteiger partial charge in [0.05, 0.1) is 0 Å². The summed E-state index contributed by atoms with van der Waals surface area (Å²) in [6, 6.07) is 10.7. The Hall–Kier alpha value is -1.59. The molecule has 2 aromatic rings. The largest absolute Gasteiger partial charge is 0.354 e. The maximum absolute atomic E-state index is 4.68. The first-order valence-electron chi connectivity index (χ1n) is 7.65. The maximum Gasteiger partial charge on any atom is 0.189 e. The lowest BCUT2D eigenvalue weighted by molar-refractivity contribution is 0.249. The molecular formula is C17H22N4S. The molecule has 0 aliphatic carbocycles. The zero-order valence-corrected chi connectivity index (χ0v) is 14.0. The van der Waals surface area contributed by atoms with Gasteiger partial charge in [-0.1, -0.05) is 42.1 Å². The second kappa shape index (κ2) is 7.11. The van der Waals surface area contributed by atoms with Crippen molar-refractivity contribution >= 4 is 17.6 Å². The highest BCUT2D eigenvalue weighted by atomic mass is 32.2. The zero-order valence-electron chi connectivity index (χ0n) is 13.2. The number of aryl methyl sites for hydroxylation is 1. The van der Waals surface area contributed by atoms with E-state index >= 15 is 0 Å². The number of hydrogen-bond donors (Lipinski definition) is 0. The van der Waals surface area contributed by atoms with Gasteiger partial charge in [-0.15, -0.1) is 0 Å². The Kier molecular flexibility index (Phi) is 4.95. The van der Waals surface area contributed by atoms with Gasteiger partial charge in [0.15, 0.2) is 5.16 Å². The number of rotatable bonds is 4. The molecule has 4 nitrogen and oxygen atoms in total. The van der Waals surface area contributed by atoms with E-state index in [1.807, 2.05) is 12.5 Å². The van der Waals surface area contributed by atoms with Gasteiger partial charge < -0.3 is 4.90 Å². The molecule has 0 unspecified atom stereocenters. The number of aromatic nitrogens is 2. The lowest BCUT2D eigenvalue weighted by Crippen LogP contribution is -2.46. The zero-order chi connectivity index (χ0) is 15.4. The van der Waals surface area contributed by atoms with Gasteiger partial charge in [0.1, 0.15) is 5.82 Å². The monoisotopic (exact) mass is 314 g/mol. The number of thioether (sulfide) groups is 1. The Morgan fingerprint density at radius 3 is 2.50 bits per heavy atom. The fourth-order valence-electron chi connectivity index (χ4n) is 2.80. The summed E-state index contributed by atoms with van der Waals surface area (Å²) in [5, 5.41) is 0.854.